The summed E-state index contributed by atoms with van der Waals surface area (Å²) in [5, 5.41) is 2.77. The third-order valence-corrected chi connectivity index (χ3v) is 3.34. The Bertz CT molecular complexity index is 636. The minimum atomic E-state index is -0.417. The summed E-state index contributed by atoms with van der Waals surface area (Å²) in [6, 6.07) is 17.7. The molecule has 0 unspecified atom stereocenters. The van der Waals surface area contributed by atoms with Gasteiger partial charge in [-0.2, -0.15) is 0 Å². The minimum Gasteiger partial charge on any atom is -0.370 e. The number of hydrogen-bond acceptors (Lipinski definition) is 2. The van der Waals surface area contributed by atoms with Crippen LogP contribution in [0.2, 0.25) is 0 Å². The lowest BCUT2D eigenvalue weighted by Gasteiger charge is -2.12. The SMILES string of the molecule is C[C@@H](CC(N)=O)NC(=O)Cc1ccc(-c2ccccc2)cc1. The van der Waals surface area contributed by atoms with Crippen molar-refractivity contribution >= 4 is 11.8 Å². The fraction of sp³-hybridized carbons (Fsp3) is 0.222. The van der Waals surface area contributed by atoms with Gasteiger partial charge in [-0.3, -0.25) is 9.59 Å². The van der Waals surface area contributed by atoms with Crippen molar-refractivity contribution in [1.82, 2.24) is 5.32 Å². The number of carbonyl (C=O) groups excluding carboxylic acids is 2. The lowest BCUT2D eigenvalue weighted by atomic mass is 10.0. The first-order valence-corrected chi connectivity index (χ1v) is 7.26. The van der Waals surface area contributed by atoms with Crippen LogP contribution in [0.5, 0.6) is 0 Å². The van der Waals surface area contributed by atoms with Gasteiger partial charge < -0.3 is 11.1 Å². The Morgan fingerprint density at radius 2 is 1.59 bits per heavy atom. The molecule has 0 fully saturated rings. The van der Waals surface area contributed by atoms with E-state index in [1.165, 1.54) is 0 Å². The van der Waals surface area contributed by atoms with Crippen LogP contribution in [-0.4, -0.2) is 17.9 Å². The van der Waals surface area contributed by atoms with Gasteiger partial charge in [0, 0.05) is 12.5 Å². The highest BCUT2D eigenvalue weighted by Gasteiger charge is 2.10. The molecule has 0 saturated carbocycles. The largest absolute Gasteiger partial charge is 0.370 e. The summed E-state index contributed by atoms with van der Waals surface area (Å²) >= 11 is 0. The molecule has 4 nitrogen and oxygen atoms in total. The van der Waals surface area contributed by atoms with Crippen molar-refractivity contribution in [3.8, 4) is 11.1 Å². The van der Waals surface area contributed by atoms with E-state index in [-0.39, 0.29) is 24.8 Å². The van der Waals surface area contributed by atoms with E-state index in [2.05, 4.69) is 5.32 Å². The number of primary amides is 1. The van der Waals surface area contributed by atoms with Crippen LogP contribution in [0, 0.1) is 0 Å². The molecule has 0 aliphatic rings. The van der Waals surface area contributed by atoms with Gasteiger partial charge in [0.2, 0.25) is 11.8 Å². The molecule has 0 aromatic heterocycles. The number of carbonyl (C=O) groups is 2. The molecule has 0 saturated heterocycles. The molecular formula is C18H20N2O2. The first-order valence-electron chi connectivity index (χ1n) is 7.26. The van der Waals surface area contributed by atoms with Crippen LogP contribution in [0.3, 0.4) is 0 Å². The molecule has 0 bridgehead atoms. The fourth-order valence-corrected chi connectivity index (χ4v) is 2.31. The van der Waals surface area contributed by atoms with Crippen LogP contribution in [0.4, 0.5) is 0 Å². The highest BCUT2D eigenvalue weighted by Crippen LogP contribution is 2.19. The number of amides is 2. The van der Waals surface area contributed by atoms with Gasteiger partial charge in [0.1, 0.15) is 0 Å². The average molecular weight is 296 g/mol. The number of benzene rings is 2. The molecular weight excluding hydrogens is 276 g/mol. The Kier molecular flexibility index (Phi) is 5.31. The molecule has 3 N–H and O–H groups in total. The van der Waals surface area contributed by atoms with Crippen LogP contribution in [0.15, 0.2) is 54.6 Å². The zero-order valence-electron chi connectivity index (χ0n) is 12.6. The van der Waals surface area contributed by atoms with Crippen molar-refractivity contribution in [3.05, 3.63) is 60.2 Å². The zero-order chi connectivity index (χ0) is 15.9. The van der Waals surface area contributed by atoms with E-state index in [4.69, 9.17) is 5.73 Å². The van der Waals surface area contributed by atoms with Gasteiger partial charge in [-0.25, -0.2) is 0 Å². The Labute approximate surface area is 130 Å². The third-order valence-electron chi connectivity index (χ3n) is 3.34. The second-order valence-electron chi connectivity index (χ2n) is 5.38. The Balaban J connectivity index is 1.94. The first kappa shape index (κ1) is 15.8. The lowest BCUT2D eigenvalue weighted by Crippen LogP contribution is -2.36. The minimum absolute atomic E-state index is 0.110. The Morgan fingerprint density at radius 3 is 2.18 bits per heavy atom. The van der Waals surface area contributed by atoms with E-state index >= 15 is 0 Å². The molecule has 0 spiro atoms. The van der Waals surface area contributed by atoms with Crippen molar-refractivity contribution in [1.29, 1.82) is 0 Å². The van der Waals surface area contributed by atoms with Crippen LogP contribution >= 0.6 is 0 Å². The van der Waals surface area contributed by atoms with E-state index in [9.17, 15) is 9.59 Å². The molecule has 2 amide bonds. The molecule has 0 aliphatic carbocycles. The van der Waals surface area contributed by atoms with Gasteiger partial charge in [-0.15, -0.1) is 0 Å². The fourth-order valence-electron chi connectivity index (χ4n) is 2.31. The molecule has 0 heterocycles. The second-order valence-corrected chi connectivity index (χ2v) is 5.38. The van der Waals surface area contributed by atoms with Gasteiger partial charge in [-0.05, 0) is 23.6 Å². The van der Waals surface area contributed by atoms with Gasteiger partial charge in [0.05, 0.1) is 6.42 Å². The Morgan fingerprint density at radius 1 is 1.00 bits per heavy atom. The van der Waals surface area contributed by atoms with E-state index in [0.717, 1.165) is 16.7 Å². The maximum atomic E-state index is 11.9. The summed E-state index contributed by atoms with van der Waals surface area (Å²) < 4.78 is 0. The molecule has 22 heavy (non-hydrogen) atoms. The van der Waals surface area contributed by atoms with Gasteiger partial charge in [-0.1, -0.05) is 54.6 Å². The van der Waals surface area contributed by atoms with Crippen molar-refractivity contribution in [2.45, 2.75) is 25.8 Å². The molecule has 4 heteroatoms. The summed E-state index contributed by atoms with van der Waals surface area (Å²) in [4.78, 5) is 22.7. The average Bonchev–Trinajstić information content (AvgIpc) is 2.47. The maximum absolute atomic E-state index is 11.9. The molecule has 114 valence electrons. The van der Waals surface area contributed by atoms with Gasteiger partial charge >= 0.3 is 0 Å². The number of nitrogens with two attached hydrogens (primary N) is 1. The van der Waals surface area contributed by atoms with Gasteiger partial charge in [0.15, 0.2) is 0 Å². The smallest absolute Gasteiger partial charge is 0.224 e. The van der Waals surface area contributed by atoms with Crippen LogP contribution in [-0.2, 0) is 16.0 Å². The number of hydrogen-bond donors (Lipinski definition) is 2. The molecule has 2 rings (SSSR count). The first-order chi connectivity index (χ1) is 10.5. The predicted molar refractivity (Wildman–Crippen MR) is 87.0 cm³/mol. The molecule has 0 radical (unpaired) electrons. The molecule has 2 aromatic rings. The summed E-state index contributed by atoms with van der Waals surface area (Å²) in [7, 11) is 0. The predicted octanol–water partition coefficient (Wildman–Crippen LogP) is 2.28. The molecule has 2 aromatic carbocycles. The van der Waals surface area contributed by atoms with Crippen molar-refractivity contribution < 1.29 is 9.59 Å². The quantitative estimate of drug-likeness (QED) is 0.858. The van der Waals surface area contributed by atoms with Crippen molar-refractivity contribution in [2.75, 3.05) is 0 Å². The standard InChI is InChI=1S/C18H20N2O2/c1-13(11-17(19)21)20-18(22)12-14-7-9-16(10-8-14)15-5-3-2-4-6-15/h2-10,13H,11-12H2,1H3,(H2,19,21)(H,20,22)/t13-/m0/s1. The zero-order valence-corrected chi connectivity index (χ0v) is 12.6. The summed E-state index contributed by atoms with van der Waals surface area (Å²) in [5.74, 6) is -0.527. The van der Waals surface area contributed by atoms with Crippen molar-refractivity contribution in [3.63, 3.8) is 0 Å². The highest BCUT2D eigenvalue weighted by atomic mass is 16.2. The lowest BCUT2D eigenvalue weighted by molar-refractivity contribution is -0.121. The maximum Gasteiger partial charge on any atom is 0.224 e. The van der Waals surface area contributed by atoms with Crippen molar-refractivity contribution in [2.24, 2.45) is 5.73 Å². The topological polar surface area (TPSA) is 72.2 Å². The van der Waals surface area contributed by atoms with E-state index in [1.807, 2.05) is 54.6 Å². The van der Waals surface area contributed by atoms with E-state index < -0.39 is 5.91 Å². The highest BCUT2D eigenvalue weighted by molar-refractivity contribution is 5.80. The Hall–Kier alpha value is -2.62. The summed E-state index contributed by atoms with van der Waals surface area (Å²) in [6.07, 6.45) is 0.441. The number of rotatable bonds is 6. The van der Waals surface area contributed by atoms with Crippen LogP contribution in [0.1, 0.15) is 18.9 Å². The number of nitrogens with one attached hydrogen (secondary N) is 1. The summed E-state index contributed by atoms with van der Waals surface area (Å²) in [5.41, 5.74) is 8.30. The molecule has 0 aliphatic heterocycles. The van der Waals surface area contributed by atoms with E-state index in [0.29, 0.717) is 0 Å². The normalized spacial score (nSPS) is 11.7. The van der Waals surface area contributed by atoms with Crippen LogP contribution in [0.25, 0.3) is 11.1 Å². The second kappa shape index (κ2) is 7.41. The molecule has 1 atom stereocenters. The summed E-state index contributed by atoms with van der Waals surface area (Å²) in [6.45, 7) is 1.77. The van der Waals surface area contributed by atoms with E-state index in [1.54, 1.807) is 6.92 Å². The van der Waals surface area contributed by atoms with Gasteiger partial charge in [0.25, 0.3) is 0 Å². The van der Waals surface area contributed by atoms with Crippen LogP contribution < -0.4 is 11.1 Å². The third kappa shape index (κ3) is 4.74. The monoisotopic (exact) mass is 296 g/mol.